The standard InChI is InChI=1S/C21H22N4O5/c1-24(2)12-16-18(23-17-7-5-6-8-25(16)17)19(26)22-15-10-13(20(27)29-3)9-14(11-15)21(28)30-4/h5-11H,12H2,1-4H3,(H,22,26). The van der Waals surface area contributed by atoms with Crippen molar-refractivity contribution in [3.05, 3.63) is 65.1 Å². The van der Waals surface area contributed by atoms with Crippen molar-refractivity contribution >= 4 is 29.2 Å². The maximum atomic E-state index is 13.0. The number of hydrogen-bond donors (Lipinski definition) is 1. The van der Waals surface area contributed by atoms with Crippen LogP contribution < -0.4 is 5.32 Å². The van der Waals surface area contributed by atoms with E-state index in [1.165, 1.54) is 32.4 Å². The smallest absolute Gasteiger partial charge is 0.337 e. The predicted molar refractivity (Wildman–Crippen MR) is 110 cm³/mol. The van der Waals surface area contributed by atoms with Gasteiger partial charge < -0.3 is 24.1 Å². The van der Waals surface area contributed by atoms with Crippen molar-refractivity contribution in [1.82, 2.24) is 14.3 Å². The number of pyridine rings is 1. The SMILES string of the molecule is COC(=O)c1cc(NC(=O)c2nc3ccccn3c2CN(C)C)cc(C(=O)OC)c1. The van der Waals surface area contributed by atoms with Crippen LogP contribution in [0, 0.1) is 0 Å². The number of esters is 2. The number of methoxy groups -OCH3 is 2. The largest absolute Gasteiger partial charge is 0.465 e. The molecule has 0 aliphatic rings. The molecule has 3 aromatic rings. The molecule has 1 aromatic carbocycles. The molecular weight excluding hydrogens is 388 g/mol. The summed E-state index contributed by atoms with van der Waals surface area (Å²) < 4.78 is 11.3. The Morgan fingerprint density at radius 3 is 2.23 bits per heavy atom. The highest BCUT2D eigenvalue weighted by molar-refractivity contribution is 6.06. The molecule has 0 fully saturated rings. The molecule has 156 valence electrons. The van der Waals surface area contributed by atoms with Crippen LogP contribution in [0.25, 0.3) is 5.65 Å². The zero-order chi connectivity index (χ0) is 21.8. The van der Waals surface area contributed by atoms with Crippen LogP contribution in [0.2, 0.25) is 0 Å². The second kappa shape index (κ2) is 8.75. The molecule has 0 radical (unpaired) electrons. The number of nitrogens with zero attached hydrogens (tertiary/aromatic N) is 3. The van der Waals surface area contributed by atoms with Crippen molar-refractivity contribution in [3.63, 3.8) is 0 Å². The molecule has 0 spiro atoms. The van der Waals surface area contributed by atoms with Gasteiger partial charge in [-0.25, -0.2) is 14.6 Å². The molecule has 0 saturated carbocycles. The predicted octanol–water partition coefficient (Wildman–Crippen LogP) is 2.22. The van der Waals surface area contributed by atoms with Crippen LogP contribution in [0.15, 0.2) is 42.6 Å². The van der Waals surface area contributed by atoms with Crippen LogP contribution in [-0.4, -0.2) is 60.4 Å². The van der Waals surface area contributed by atoms with E-state index in [4.69, 9.17) is 9.47 Å². The number of ether oxygens (including phenoxy) is 2. The Balaban J connectivity index is 2.01. The maximum Gasteiger partial charge on any atom is 0.337 e. The van der Waals surface area contributed by atoms with Gasteiger partial charge in [0.1, 0.15) is 5.65 Å². The summed E-state index contributed by atoms with van der Waals surface area (Å²) >= 11 is 0. The van der Waals surface area contributed by atoms with Gasteiger partial charge in [-0.3, -0.25) is 4.79 Å². The lowest BCUT2D eigenvalue weighted by Crippen LogP contribution is -2.19. The molecule has 0 unspecified atom stereocenters. The highest BCUT2D eigenvalue weighted by Gasteiger charge is 2.21. The number of rotatable bonds is 6. The number of anilines is 1. The van der Waals surface area contributed by atoms with Gasteiger partial charge in [0.15, 0.2) is 5.69 Å². The Hall–Kier alpha value is -3.72. The molecule has 3 rings (SSSR count). The number of hydrogen-bond acceptors (Lipinski definition) is 7. The second-order valence-electron chi connectivity index (χ2n) is 6.81. The molecule has 2 heterocycles. The second-order valence-corrected chi connectivity index (χ2v) is 6.81. The monoisotopic (exact) mass is 410 g/mol. The minimum Gasteiger partial charge on any atom is -0.465 e. The zero-order valence-corrected chi connectivity index (χ0v) is 17.1. The molecule has 9 nitrogen and oxygen atoms in total. The number of fused-ring (bicyclic) bond motifs is 1. The lowest BCUT2D eigenvalue weighted by molar-refractivity contribution is 0.0599. The quantitative estimate of drug-likeness (QED) is 0.622. The minimum atomic E-state index is -0.641. The Kier molecular flexibility index (Phi) is 6.12. The van der Waals surface area contributed by atoms with E-state index in [0.29, 0.717) is 17.9 Å². The summed E-state index contributed by atoms with van der Waals surface area (Å²) in [4.78, 5) is 43.4. The van der Waals surface area contributed by atoms with Gasteiger partial charge in [-0.2, -0.15) is 0 Å². The summed E-state index contributed by atoms with van der Waals surface area (Å²) in [7, 11) is 6.25. The van der Waals surface area contributed by atoms with Gasteiger partial charge in [-0.05, 0) is 44.4 Å². The molecule has 0 aliphatic carbocycles. The van der Waals surface area contributed by atoms with Crippen LogP contribution in [-0.2, 0) is 16.0 Å². The van der Waals surface area contributed by atoms with Crippen LogP contribution in [0.4, 0.5) is 5.69 Å². The summed E-state index contributed by atoms with van der Waals surface area (Å²) in [5.74, 6) is -1.75. The van der Waals surface area contributed by atoms with Crippen molar-refractivity contribution in [2.24, 2.45) is 0 Å². The van der Waals surface area contributed by atoms with E-state index in [2.05, 4.69) is 10.3 Å². The third kappa shape index (κ3) is 4.31. The van der Waals surface area contributed by atoms with Gasteiger partial charge in [-0.1, -0.05) is 6.07 Å². The molecule has 0 atom stereocenters. The van der Waals surface area contributed by atoms with Crippen LogP contribution in [0.5, 0.6) is 0 Å². The third-order valence-electron chi connectivity index (χ3n) is 4.34. The van der Waals surface area contributed by atoms with E-state index in [1.54, 1.807) is 0 Å². The van der Waals surface area contributed by atoms with Crippen molar-refractivity contribution < 1.29 is 23.9 Å². The molecule has 0 bridgehead atoms. The summed E-state index contributed by atoms with van der Waals surface area (Å²) in [6.45, 7) is 0.490. The van der Waals surface area contributed by atoms with Gasteiger partial charge >= 0.3 is 11.9 Å². The Morgan fingerprint density at radius 1 is 1.03 bits per heavy atom. The van der Waals surface area contributed by atoms with Gasteiger partial charge in [0.05, 0.1) is 31.0 Å². The summed E-state index contributed by atoms with van der Waals surface area (Å²) in [5, 5.41) is 2.72. The van der Waals surface area contributed by atoms with Crippen molar-refractivity contribution in [1.29, 1.82) is 0 Å². The van der Waals surface area contributed by atoms with Crippen molar-refractivity contribution in [2.75, 3.05) is 33.6 Å². The van der Waals surface area contributed by atoms with E-state index in [9.17, 15) is 14.4 Å². The first-order valence-electron chi connectivity index (χ1n) is 9.07. The third-order valence-corrected chi connectivity index (χ3v) is 4.34. The zero-order valence-electron chi connectivity index (χ0n) is 17.1. The molecule has 0 aliphatic heterocycles. The number of aromatic nitrogens is 2. The topological polar surface area (TPSA) is 102 Å². The maximum absolute atomic E-state index is 13.0. The molecular formula is C21H22N4O5. The van der Waals surface area contributed by atoms with E-state index in [1.807, 2.05) is 47.8 Å². The van der Waals surface area contributed by atoms with Crippen molar-refractivity contribution in [3.8, 4) is 0 Å². The molecule has 2 aromatic heterocycles. The summed E-state index contributed by atoms with van der Waals surface area (Å²) in [5.41, 5.74) is 2.07. The van der Waals surface area contributed by atoms with E-state index in [-0.39, 0.29) is 22.5 Å². The minimum absolute atomic E-state index is 0.110. The first-order chi connectivity index (χ1) is 14.3. The molecule has 0 saturated heterocycles. The number of benzene rings is 1. The Bertz CT molecular complexity index is 1090. The molecule has 9 heteroatoms. The van der Waals surface area contributed by atoms with Gasteiger partial charge in [-0.15, -0.1) is 0 Å². The van der Waals surface area contributed by atoms with Gasteiger partial charge in [0, 0.05) is 18.4 Å². The number of amides is 1. The fourth-order valence-corrected chi connectivity index (χ4v) is 3.04. The lowest BCUT2D eigenvalue weighted by atomic mass is 10.1. The highest BCUT2D eigenvalue weighted by Crippen LogP contribution is 2.20. The highest BCUT2D eigenvalue weighted by atomic mass is 16.5. The van der Waals surface area contributed by atoms with Crippen LogP contribution >= 0.6 is 0 Å². The Morgan fingerprint density at radius 2 is 1.67 bits per heavy atom. The summed E-state index contributed by atoms with van der Waals surface area (Å²) in [6.07, 6.45) is 1.84. The molecule has 30 heavy (non-hydrogen) atoms. The molecule has 1 amide bonds. The average molecular weight is 410 g/mol. The Labute approximate surface area is 173 Å². The van der Waals surface area contributed by atoms with E-state index >= 15 is 0 Å². The van der Waals surface area contributed by atoms with Gasteiger partial charge in [0.25, 0.3) is 5.91 Å². The first-order valence-corrected chi connectivity index (χ1v) is 9.07. The number of carbonyl (C=O) groups is 3. The van der Waals surface area contributed by atoms with Crippen LogP contribution in [0.3, 0.4) is 0 Å². The normalized spacial score (nSPS) is 10.8. The average Bonchev–Trinajstić information content (AvgIpc) is 3.10. The fraction of sp³-hybridized carbons (Fsp3) is 0.238. The molecule has 1 N–H and O–H groups in total. The van der Waals surface area contributed by atoms with Crippen molar-refractivity contribution in [2.45, 2.75) is 6.54 Å². The first kappa shape index (κ1) is 21.0. The summed E-state index contributed by atoms with van der Waals surface area (Å²) in [6, 6.07) is 9.71. The van der Waals surface area contributed by atoms with E-state index < -0.39 is 17.8 Å². The van der Waals surface area contributed by atoms with Crippen LogP contribution in [0.1, 0.15) is 36.9 Å². The fourth-order valence-electron chi connectivity index (χ4n) is 3.04. The van der Waals surface area contributed by atoms with E-state index in [0.717, 1.165) is 0 Å². The van der Waals surface area contributed by atoms with Gasteiger partial charge in [0.2, 0.25) is 0 Å². The number of nitrogens with one attached hydrogen (secondary N) is 1. The number of carbonyl (C=O) groups excluding carboxylic acids is 3. The lowest BCUT2D eigenvalue weighted by Gasteiger charge is -2.12. The number of imidazole rings is 1.